The number of primary amides is 1. The zero-order valence-corrected chi connectivity index (χ0v) is 13.1. The Morgan fingerprint density at radius 2 is 1.75 bits per heavy atom. The van der Waals surface area contributed by atoms with Crippen LogP contribution in [0.4, 0.5) is 0 Å². The smallest absolute Gasteiger partial charge is 0.204 e. The van der Waals surface area contributed by atoms with E-state index in [2.05, 4.69) is 27.6 Å². The van der Waals surface area contributed by atoms with Crippen LogP contribution in [-0.2, 0) is 11.2 Å². The molecular weight excluding hydrogens is 252 g/mol. The number of aryl methyl sites for hydroxylation is 3. The van der Waals surface area contributed by atoms with E-state index in [-0.39, 0.29) is 6.41 Å². The number of amides is 1. The number of aromatic amines is 1. The Hall–Kier alpha value is -2.17. The number of hydrogen-bond acceptors (Lipinski definition) is 3. The van der Waals surface area contributed by atoms with Gasteiger partial charge in [0.1, 0.15) is 5.82 Å². The Bertz CT molecular complexity index is 426. The second-order valence-electron chi connectivity index (χ2n) is 3.51. The van der Waals surface area contributed by atoms with E-state index in [0.717, 1.165) is 12.2 Å². The summed E-state index contributed by atoms with van der Waals surface area (Å²) in [5.74, 6) is 1.00. The third kappa shape index (κ3) is 12.3. The molecule has 0 bridgehead atoms. The SMILES string of the molecule is CC.CCc1cnc(C)[nH]1.Cc1ccncc1.NC=O. The molecule has 0 atom stereocenters. The second kappa shape index (κ2) is 14.9. The largest absolute Gasteiger partial charge is 0.372 e. The minimum Gasteiger partial charge on any atom is -0.372 e. The molecule has 0 aliphatic heterocycles. The maximum atomic E-state index is 8.58. The highest BCUT2D eigenvalue weighted by Crippen LogP contribution is 1.94. The summed E-state index contributed by atoms with van der Waals surface area (Å²) in [6.07, 6.45) is 6.74. The van der Waals surface area contributed by atoms with E-state index >= 15 is 0 Å². The molecule has 0 aromatic carbocycles. The highest BCUT2D eigenvalue weighted by Gasteiger charge is 1.89. The molecule has 20 heavy (non-hydrogen) atoms. The van der Waals surface area contributed by atoms with E-state index in [4.69, 9.17) is 4.79 Å². The summed E-state index contributed by atoms with van der Waals surface area (Å²) in [6.45, 7) is 10.1. The van der Waals surface area contributed by atoms with Gasteiger partial charge in [0.25, 0.3) is 0 Å². The molecule has 3 N–H and O–H groups in total. The summed E-state index contributed by atoms with van der Waals surface area (Å²) in [6, 6.07) is 3.94. The first kappa shape index (κ1) is 20.2. The van der Waals surface area contributed by atoms with Gasteiger partial charge in [-0.15, -0.1) is 0 Å². The minimum absolute atomic E-state index is 0.250. The third-order valence-corrected chi connectivity index (χ3v) is 1.98. The summed E-state index contributed by atoms with van der Waals surface area (Å²) < 4.78 is 0. The van der Waals surface area contributed by atoms with Crippen LogP contribution in [0.5, 0.6) is 0 Å². The molecule has 0 fully saturated rings. The van der Waals surface area contributed by atoms with Gasteiger partial charge in [-0.25, -0.2) is 4.98 Å². The molecule has 2 heterocycles. The average molecular weight is 278 g/mol. The Morgan fingerprint density at radius 1 is 1.25 bits per heavy atom. The number of nitrogens with zero attached hydrogens (tertiary/aromatic N) is 2. The molecule has 0 aliphatic carbocycles. The maximum absolute atomic E-state index is 8.58. The lowest BCUT2D eigenvalue weighted by Gasteiger charge is -1.82. The van der Waals surface area contributed by atoms with Crippen LogP contribution < -0.4 is 5.73 Å². The van der Waals surface area contributed by atoms with E-state index in [9.17, 15) is 0 Å². The first-order chi connectivity index (χ1) is 9.63. The van der Waals surface area contributed by atoms with E-state index in [1.807, 2.05) is 46.0 Å². The molecule has 5 nitrogen and oxygen atoms in total. The van der Waals surface area contributed by atoms with Crippen LogP contribution in [0.1, 0.15) is 37.9 Å². The summed E-state index contributed by atoms with van der Waals surface area (Å²) in [7, 11) is 0. The van der Waals surface area contributed by atoms with Crippen LogP contribution in [-0.4, -0.2) is 21.4 Å². The summed E-state index contributed by atoms with van der Waals surface area (Å²) >= 11 is 0. The van der Waals surface area contributed by atoms with Gasteiger partial charge in [-0.3, -0.25) is 9.78 Å². The quantitative estimate of drug-likeness (QED) is 0.787. The Balaban J connectivity index is 0. The number of nitrogens with two attached hydrogens (primary N) is 1. The van der Waals surface area contributed by atoms with Crippen molar-refractivity contribution in [1.29, 1.82) is 0 Å². The van der Waals surface area contributed by atoms with Gasteiger partial charge in [-0.05, 0) is 38.0 Å². The number of pyridine rings is 1. The van der Waals surface area contributed by atoms with E-state index in [0.29, 0.717) is 0 Å². The number of H-pyrrole nitrogens is 1. The maximum Gasteiger partial charge on any atom is 0.204 e. The van der Waals surface area contributed by atoms with Gasteiger partial charge in [0.05, 0.1) is 0 Å². The molecule has 2 rings (SSSR count). The molecule has 0 saturated heterocycles. The van der Waals surface area contributed by atoms with Gasteiger partial charge in [0, 0.05) is 24.3 Å². The molecule has 0 saturated carbocycles. The molecule has 0 radical (unpaired) electrons. The fourth-order valence-electron chi connectivity index (χ4n) is 1.08. The van der Waals surface area contributed by atoms with Crippen molar-refractivity contribution in [1.82, 2.24) is 15.0 Å². The second-order valence-corrected chi connectivity index (χ2v) is 3.51. The Labute approximate surface area is 121 Å². The van der Waals surface area contributed by atoms with Crippen molar-refractivity contribution in [2.45, 2.75) is 41.0 Å². The Kier molecular flexibility index (Phi) is 15.0. The minimum atomic E-state index is 0.250. The molecule has 2 aromatic heterocycles. The van der Waals surface area contributed by atoms with Gasteiger partial charge < -0.3 is 10.7 Å². The zero-order chi connectivity index (χ0) is 15.8. The van der Waals surface area contributed by atoms with Crippen molar-refractivity contribution in [2.24, 2.45) is 5.73 Å². The van der Waals surface area contributed by atoms with Crippen molar-refractivity contribution >= 4 is 6.41 Å². The topological polar surface area (TPSA) is 84.7 Å². The van der Waals surface area contributed by atoms with Crippen molar-refractivity contribution in [3.63, 3.8) is 0 Å². The lowest BCUT2D eigenvalue weighted by molar-refractivity contribution is -0.106. The van der Waals surface area contributed by atoms with Crippen LogP contribution in [0.3, 0.4) is 0 Å². The van der Waals surface area contributed by atoms with Crippen LogP contribution in [0.15, 0.2) is 30.7 Å². The average Bonchev–Trinajstić information content (AvgIpc) is 2.89. The van der Waals surface area contributed by atoms with E-state index in [1.54, 1.807) is 12.4 Å². The third-order valence-electron chi connectivity index (χ3n) is 1.98. The molecule has 1 amide bonds. The van der Waals surface area contributed by atoms with E-state index in [1.165, 1.54) is 11.3 Å². The predicted molar refractivity (Wildman–Crippen MR) is 83.3 cm³/mol. The fourth-order valence-corrected chi connectivity index (χ4v) is 1.08. The highest BCUT2D eigenvalue weighted by molar-refractivity contribution is 5.42. The number of hydrogen-bond donors (Lipinski definition) is 2. The van der Waals surface area contributed by atoms with Crippen LogP contribution in [0.25, 0.3) is 0 Å². The van der Waals surface area contributed by atoms with Gasteiger partial charge in [-0.1, -0.05) is 20.8 Å². The summed E-state index contributed by atoms with van der Waals surface area (Å²) in [4.78, 5) is 19.6. The standard InChI is InChI=1S/C6H10N2.C6H7N.C2H6.CH3NO/c1-3-6-4-7-5(2)8-6;1-6-2-4-7-5-3-6;1-2;2-1-3/h4H,3H2,1-2H3,(H,7,8);2-5H,1H3;1-2H3;1H,(H2,2,3). The monoisotopic (exact) mass is 278 g/mol. The summed E-state index contributed by atoms with van der Waals surface area (Å²) in [5.41, 5.74) is 6.64. The summed E-state index contributed by atoms with van der Waals surface area (Å²) in [5, 5.41) is 0. The van der Waals surface area contributed by atoms with Crippen molar-refractivity contribution in [3.05, 3.63) is 47.8 Å². The number of nitrogens with one attached hydrogen (secondary N) is 1. The van der Waals surface area contributed by atoms with Crippen molar-refractivity contribution in [2.75, 3.05) is 0 Å². The molecule has 5 heteroatoms. The first-order valence-electron chi connectivity index (χ1n) is 6.66. The predicted octanol–water partition coefficient (Wildman–Crippen LogP) is 2.80. The Morgan fingerprint density at radius 3 is 1.95 bits per heavy atom. The van der Waals surface area contributed by atoms with Crippen LogP contribution in [0.2, 0.25) is 0 Å². The molecule has 2 aromatic rings. The molecular formula is C15H26N4O. The number of aromatic nitrogens is 3. The zero-order valence-electron chi connectivity index (χ0n) is 13.1. The lowest BCUT2D eigenvalue weighted by Crippen LogP contribution is -1.82. The van der Waals surface area contributed by atoms with Crippen LogP contribution in [0, 0.1) is 13.8 Å². The van der Waals surface area contributed by atoms with Crippen LogP contribution >= 0.6 is 0 Å². The van der Waals surface area contributed by atoms with Gasteiger partial charge in [-0.2, -0.15) is 0 Å². The number of carbonyl (C=O) groups is 1. The number of rotatable bonds is 1. The lowest BCUT2D eigenvalue weighted by atomic mass is 10.3. The fraction of sp³-hybridized carbons (Fsp3) is 0.400. The molecule has 112 valence electrons. The van der Waals surface area contributed by atoms with E-state index < -0.39 is 0 Å². The normalized spacial score (nSPS) is 7.85. The number of carbonyl (C=O) groups excluding carboxylic acids is 1. The molecule has 0 unspecified atom stereocenters. The first-order valence-corrected chi connectivity index (χ1v) is 6.66. The van der Waals surface area contributed by atoms with Gasteiger partial charge in [0.2, 0.25) is 6.41 Å². The van der Waals surface area contributed by atoms with Crippen molar-refractivity contribution in [3.8, 4) is 0 Å². The van der Waals surface area contributed by atoms with Crippen molar-refractivity contribution < 1.29 is 4.79 Å². The highest BCUT2D eigenvalue weighted by atomic mass is 16.1. The molecule has 0 spiro atoms. The molecule has 0 aliphatic rings. The van der Waals surface area contributed by atoms with Gasteiger partial charge in [0.15, 0.2) is 0 Å². The van der Waals surface area contributed by atoms with Gasteiger partial charge >= 0.3 is 0 Å². The number of imidazole rings is 1.